The molecule has 0 saturated heterocycles. The highest BCUT2D eigenvalue weighted by Crippen LogP contribution is 2.24. The summed E-state index contributed by atoms with van der Waals surface area (Å²) >= 11 is 3.22. The summed E-state index contributed by atoms with van der Waals surface area (Å²) in [7, 11) is 3.23. The molecule has 0 aliphatic heterocycles. The Hall–Kier alpha value is -1.11. The van der Waals surface area contributed by atoms with Crippen LogP contribution in [0.4, 0.5) is 4.79 Å². The molecule has 1 N–H and O–H groups in total. The van der Waals surface area contributed by atoms with Crippen LogP contribution >= 0.6 is 15.9 Å². The van der Waals surface area contributed by atoms with E-state index in [0.717, 1.165) is 5.69 Å². The van der Waals surface area contributed by atoms with Crippen molar-refractivity contribution in [1.29, 1.82) is 0 Å². The van der Waals surface area contributed by atoms with Crippen molar-refractivity contribution in [2.45, 2.75) is 13.0 Å². The molecule has 1 amide bonds. The van der Waals surface area contributed by atoms with Gasteiger partial charge in [0.1, 0.15) is 0 Å². The molecule has 1 atom stereocenters. The molecule has 6 nitrogen and oxygen atoms in total. The van der Waals surface area contributed by atoms with E-state index < -0.39 is 6.09 Å². The number of rotatable bonds is 2. The first-order valence-electron chi connectivity index (χ1n) is 3.96. The molecule has 0 saturated carbocycles. The minimum Gasteiger partial charge on any atom is -0.465 e. The van der Waals surface area contributed by atoms with E-state index in [2.05, 4.69) is 26.2 Å². The predicted octanol–water partition coefficient (Wildman–Crippen LogP) is 1.25. The van der Waals surface area contributed by atoms with Crippen LogP contribution < -0.4 is 0 Å². The van der Waals surface area contributed by atoms with E-state index in [1.807, 2.05) is 0 Å². The van der Waals surface area contributed by atoms with Gasteiger partial charge in [-0.25, -0.2) is 9.48 Å². The first-order chi connectivity index (χ1) is 6.45. The van der Waals surface area contributed by atoms with Gasteiger partial charge in [-0.3, -0.25) is 0 Å². The lowest BCUT2D eigenvalue weighted by Gasteiger charge is -2.21. The molecule has 0 radical (unpaired) electrons. The molecule has 1 unspecified atom stereocenters. The standard InChI is InChI=1S/C7H11BrN4O2/c1-4(11(2)7(13)14)5-6(8)9-10-12(5)3/h4H,1-3H3,(H,13,14). The Balaban J connectivity index is 2.99. The second-order valence-electron chi connectivity index (χ2n) is 2.96. The van der Waals surface area contributed by atoms with E-state index in [9.17, 15) is 4.79 Å². The lowest BCUT2D eigenvalue weighted by molar-refractivity contribution is 0.140. The lowest BCUT2D eigenvalue weighted by atomic mass is 10.2. The van der Waals surface area contributed by atoms with Gasteiger partial charge >= 0.3 is 6.09 Å². The number of aromatic nitrogens is 3. The van der Waals surface area contributed by atoms with Gasteiger partial charge in [-0.15, -0.1) is 5.10 Å². The third kappa shape index (κ3) is 1.87. The zero-order chi connectivity index (χ0) is 10.9. The second-order valence-corrected chi connectivity index (χ2v) is 3.71. The fourth-order valence-corrected chi connectivity index (χ4v) is 1.79. The van der Waals surface area contributed by atoms with Crippen LogP contribution in [0.15, 0.2) is 4.60 Å². The van der Waals surface area contributed by atoms with Crippen LogP contribution in [0.1, 0.15) is 18.7 Å². The van der Waals surface area contributed by atoms with E-state index in [1.54, 1.807) is 18.7 Å². The molecule has 1 aromatic rings. The predicted molar refractivity (Wildman–Crippen MR) is 52.9 cm³/mol. The SMILES string of the molecule is CC(c1c(Br)nnn1C)N(C)C(=O)O. The van der Waals surface area contributed by atoms with Crippen molar-refractivity contribution in [2.75, 3.05) is 7.05 Å². The Morgan fingerprint density at radius 2 is 2.29 bits per heavy atom. The summed E-state index contributed by atoms with van der Waals surface area (Å²) in [6, 6.07) is -0.290. The molecule has 0 fully saturated rings. The van der Waals surface area contributed by atoms with Crippen LogP contribution in [-0.2, 0) is 7.05 Å². The minimum absolute atomic E-state index is 0.290. The summed E-state index contributed by atoms with van der Waals surface area (Å²) in [4.78, 5) is 11.9. The van der Waals surface area contributed by atoms with Crippen LogP contribution in [0.3, 0.4) is 0 Å². The second kappa shape index (κ2) is 3.95. The quantitative estimate of drug-likeness (QED) is 0.871. The molecule has 1 aromatic heterocycles. The zero-order valence-corrected chi connectivity index (χ0v) is 9.69. The molecule has 7 heteroatoms. The number of carboxylic acid groups (broad SMARTS) is 1. The molecule has 0 aliphatic rings. The average molecular weight is 263 g/mol. The highest BCUT2D eigenvalue weighted by atomic mass is 79.9. The van der Waals surface area contributed by atoms with Crippen molar-refractivity contribution < 1.29 is 9.90 Å². The van der Waals surface area contributed by atoms with Gasteiger partial charge in [-0.05, 0) is 22.9 Å². The zero-order valence-electron chi connectivity index (χ0n) is 8.10. The Morgan fingerprint density at radius 3 is 2.64 bits per heavy atom. The van der Waals surface area contributed by atoms with Crippen LogP contribution in [0.5, 0.6) is 0 Å². The molecular weight excluding hydrogens is 252 g/mol. The molecule has 1 rings (SSSR count). The number of carbonyl (C=O) groups is 1. The normalized spacial score (nSPS) is 12.6. The molecular formula is C7H11BrN4O2. The van der Waals surface area contributed by atoms with Crippen LogP contribution in [0, 0.1) is 0 Å². The van der Waals surface area contributed by atoms with Crippen molar-refractivity contribution in [3.63, 3.8) is 0 Å². The Labute approximate surface area is 89.6 Å². The monoisotopic (exact) mass is 262 g/mol. The first kappa shape index (κ1) is 11.0. The number of hydrogen-bond acceptors (Lipinski definition) is 3. The molecule has 14 heavy (non-hydrogen) atoms. The maximum atomic E-state index is 10.7. The summed E-state index contributed by atoms with van der Waals surface area (Å²) in [5.41, 5.74) is 0.731. The Bertz CT molecular complexity index is 332. The van der Waals surface area contributed by atoms with Crippen LogP contribution in [0.2, 0.25) is 0 Å². The van der Waals surface area contributed by atoms with Gasteiger partial charge in [0.05, 0.1) is 11.7 Å². The van der Waals surface area contributed by atoms with Gasteiger partial charge in [0.2, 0.25) is 0 Å². The van der Waals surface area contributed by atoms with E-state index in [4.69, 9.17) is 5.11 Å². The number of amides is 1. The van der Waals surface area contributed by atoms with E-state index in [-0.39, 0.29) is 6.04 Å². The summed E-state index contributed by atoms with van der Waals surface area (Å²) in [6.07, 6.45) is -0.981. The van der Waals surface area contributed by atoms with E-state index >= 15 is 0 Å². The smallest absolute Gasteiger partial charge is 0.407 e. The summed E-state index contributed by atoms with van der Waals surface area (Å²) in [5.74, 6) is 0. The minimum atomic E-state index is -0.981. The van der Waals surface area contributed by atoms with Crippen LogP contribution in [0.25, 0.3) is 0 Å². The summed E-state index contributed by atoms with van der Waals surface area (Å²) in [6.45, 7) is 1.78. The Morgan fingerprint density at radius 1 is 1.71 bits per heavy atom. The van der Waals surface area contributed by atoms with E-state index in [0.29, 0.717) is 4.60 Å². The van der Waals surface area contributed by atoms with Crippen molar-refractivity contribution in [1.82, 2.24) is 19.9 Å². The number of nitrogens with zero attached hydrogens (tertiary/aromatic N) is 4. The van der Waals surface area contributed by atoms with Gasteiger partial charge in [-0.1, -0.05) is 5.21 Å². The molecule has 0 spiro atoms. The summed E-state index contributed by atoms with van der Waals surface area (Å²) in [5, 5.41) is 16.4. The highest BCUT2D eigenvalue weighted by Gasteiger charge is 2.22. The van der Waals surface area contributed by atoms with Gasteiger partial charge in [0.25, 0.3) is 0 Å². The lowest BCUT2D eigenvalue weighted by Crippen LogP contribution is -2.29. The average Bonchev–Trinajstić information content (AvgIpc) is 2.44. The highest BCUT2D eigenvalue weighted by molar-refractivity contribution is 9.10. The largest absolute Gasteiger partial charge is 0.465 e. The third-order valence-corrected chi connectivity index (χ3v) is 2.67. The van der Waals surface area contributed by atoms with Crippen molar-refractivity contribution in [3.05, 3.63) is 10.3 Å². The maximum absolute atomic E-state index is 10.7. The maximum Gasteiger partial charge on any atom is 0.407 e. The molecule has 0 aromatic carbocycles. The van der Waals surface area contributed by atoms with Crippen molar-refractivity contribution >= 4 is 22.0 Å². The van der Waals surface area contributed by atoms with Gasteiger partial charge in [0, 0.05) is 14.1 Å². The van der Waals surface area contributed by atoms with E-state index in [1.165, 1.54) is 11.9 Å². The van der Waals surface area contributed by atoms with Crippen molar-refractivity contribution in [3.8, 4) is 0 Å². The molecule has 78 valence electrons. The third-order valence-electron chi connectivity index (χ3n) is 2.11. The molecule has 0 aliphatic carbocycles. The number of hydrogen-bond donors (Lipinski definition) is 1. The molecule has 0 bridgehead atoms. The Kier molecular flexibility index (Phi) is 3.10. The van der Waals surface area contributed by atoms with Gasteiger partial charge < -0.3 is 10.0 Å². The van der Waals surface area contributed by atoms with Gasteiger partial charge in [0.15, 0.2) is 4.60 Å². The van der Waals surface area contributed by atoms with Crippen molar-refractivity contribution in [2.24, 2.45) is 7.05 Å². The molecule has 1 heterocycles. The topological polar surface area (TPSA) is 71.2 Å². The fourth-order valence-electron chi connectivity index (χ4n) is 1.13. The fraction of sp³-hybridized carbons (Fsp3) is 0.571. The summed E-state index contributed by atoms with van der Waals surface area (Å²) < 4.78 is 2.12. The van der Waals surface area contributed by atoms with Crippen LogP contribution in [-0.4, -0.2) is 38.1 Å². The number of aryl methyl sites for hydroxylation is 1. The van der Waals surface area contributed by atoms with Gasteiger partial charge in [-0.2, -0.15) is 0 Å². The number of halogens is 1. The first-order valence-corrected chi connectivity index (χ1v) is 4.75.